The molecule has 2 aromatic carbocycles. The topological polar surface area (TPSA) is 80.0 Å². The Morgan fingerprint density at radius 3 is 2.60 bits per heavy atom. The number of nitrogens with zero attached hydrogens (tertiary/aromatic N) is 1. The third-order valence-electron chi connectivity index (χ3n) is 5.36. The zero-order valence-corrected chi connectivity index (χ0v) is 16.9. The maximum Gasteiger partial charge on any atom is 0.295 e. The van der Waals surface area contributed by atoms with E-state index in [0.29, 0.717) is 36.7 Å². The predicted octanol–water partition coefficient (Wildman–Crippen LogP) is 4.20. The van der Waals surface area contributed by atoms with Crippen molar-refractivity contribution < 1.29 is 23.8 Å². The molecule has 2 heterocycles. The number of furan rings is 1. The smallest absolute Gasteiger partial charge is 0.295 e. The Morgan fingerprint density at radius 2 is 1.87 bits per heavy atom. The number of aliphatic hydroxyl groups is 1. The molecule has 1 aromatic heterocycles. The number of rotatable bonds is 6. The molecule has 1 unspecified atom stereocenters. The lowest BCUT2D eigenvalue weighted by atomic mass is 9.96. The normalized spacial score (nSPS) is 18.5. The Bertz CT molecular complexity index is 1140. The van der Waals surface area contributed by atoms with Crippen LogP contribution >= 0.6 is 0 Å². The summed E-state index contributed by atoms with van der Waals surface area (Å²) in [6.07, 6.45) is 0.564. The molecule has 30 heavy (non-hydrogen) atoms. The van der Waals surface area contributed by atoms with Crippen molar-refractivity contribution in [3.8, 4) is 0 Å². The van der Waals surface area contributed by atoms with Crippen LogP contribution in [0.1, 0.15) is 29.5 Å². The number of fused-ring (bicyclic) bond motifs is 1. The lowest BCUT2D eigenvalue weighted by Gasteiger charge is -2.23. The summed E-state index contributed by atoms with van der Waals surface area (Å²) in [5, 5.41) is 13.0. The zero-order valence-electron chi connectivity index (χ0n) is 16.9. The second kappa shape index (κ2) is 8.16. The van der Waals surface area contributed by atoms with Gasteiger partial charge in [-0.05, 0) is 36.2 Å². The van der Waals surface area contributed by atoms with Gasteiger partial charge in [0.1, 0.15) is 23.3 Å². The molecule has 1 N–H and O–H groups in total. The number of carbonyl (C=O) groups is 2. The SMILES string of the molecule is COCCCN1C(=O)C(=O)/C(=C(\O)c2cccc3ccccc23)C1c1ccc(C)o1. The van der Waals surface area contributed by atoms with Crippen LogP contribution in [0.3, 0.4) is 0 Å². The molecule has 1 aliphatic rings. The van der Waals surface area contributed by atoms with Gasteiger partial charge in [0.2, 0.25) is 0 Å². The van der Waals surface area contributed by atoms with E-state index in [1.807, 2.05) is 36.4 Å². The molecule has 4 rings (SSSR count). The molecule has 1 atom stereocenters. The van der Waals surface area contributed by atoms with Crippen LogP contribution in [0.25, 0.3) is 16.5 Å². The fourth-order valence-electron chi connectivity index (χ4n) is 3.96. The molecule has 0 aliphatic carbocycles. The van der Waals surface area contributed by atoms with Crippen molar-refractivity contribution in [3.05, 3.63) is 77.3 Å². The first-order valence-electron chi connectivity index (χ1n) is 9.84. The number of hydrogen-bond donors (Lipinski definition) is 1. The third kappa shape index (κ3) is 3.39. The molecule has 0 bridgehead atoms. The van der Waals surface area contributed by atoms with E-state index < -0.39 is 17.7 Å². The summed E-state index contributed by atoms with van der Waals surface area (Å²) in [7, 11) is 1.59. The van der Waals surface area contributed by atoms with Crippen LogP contribution in [-0.2, 0) is 14.3 Å². The second-order valence-corrected chi connectivity index (χ2v) is 7.31. The fourth-order valence-corrected chi connectivity index (χ4v) is 3.96. The molecule has 154 valence electrons. The lowest BCUT2D eigenvalue weighted by molar-refractivity contribution is -0.140. The van der Waals surface area contributed by atoms with Gasteiger partial charge in [0.15, 0.2) is 0 Å². The number of carbonyl (C=O) groups excluding carboxylic acids is 2. The summed E-state index contributed by atoms with van der Waals surface area (Å²) in [6.45, 7) is 2.57. The van der Waals surface area contributed by atoms with Crippen molar-refractivity contribution in [1.29, 1.82) is 0 Å². The minimum Gasteiger partial charge on any atom is -0.507 e. The number of hydrogen-bond acceptors (Lipinski definition) is 5. The number of ketones is 1. The van der Waals surface area contributed by atoms with Crippen LogP contribution in [0.15, 0.2) is 64.6 Å². The van der Waals surface area contributed by atoms with Gasteiger partial charge >= 0.3 is 0 Å². The standard InChI is InChI=1S/C24H23NO5/c1-15-11-12-19(30-15)21-20(23(27)24(28)25(21)13-6-14-29-2)22(26)18-10-5-8-16-7-3-4-9-17(16)18/h3-5,7-12,21,26H,6,13-14H2,1-2H3/b22-20-. The number of benzene rings is 2. The van der Waals surface area contributed by atoms with E-state index in [9.17, 15) is 14.7 Å². The van der Waals surface area contributed by atoms with Crippen molar-refractivity contribution >= 4 is 28.2 Å². The summed E-state index contributed by atoms with van der Waals surface area (Å²) >= 11 is 0. The van der Waals surface area contributed by atoms with Gasteiger partial charge < -0.3 is 19.2 Å². The van der Waals surface area contributed by atoms with E-state index in [4.69, 9.17) is 9.15 Å². The van der Waals surface area contributed by atoms with Crippen molar-refractivity contribution in [2.75, 3.05) is 20.3 Å². The average Bonchev–Trinajstić information content (AvgIpc) is 3.29. The molecular formula is C24H23NO5. The van der Waals surface area contributed by atoms with Gasteiger partial charge in [0.25, 0.3) is 11.7 Å². The number of likely N-dealkylation sites (tertiary alicyclic amines) is 1. The van der Waals surface area contributed by atoms with Crippen LogP contribution in [-0.4, -0.2) is 42.0 Å². The Morgan fingerprint density at radius 1 is 1.10 bits per heavy atom. The van der Waals surface area contributed by atoms with E-state index in [2.05, 4.69) is 0 Å². The maximum absolute atomic E-state index is 13.0. The Hall–Kier alpha value is -3.38. The highest BCUT2D eigenvalue weighted by molar-refractivity contribution is 6.46. The Kier molecular flexibility index (Phi) is 5.42. The molecule has 1 saturated heterocycles. The van der Waals surface area contributed by atoms with Gasteiger partial charge in [-0.25, -0.2) is 0 Å². The third-order valence-corrected chi connectivity index (χ3v) is 5.36. The number of ether oxygens (including phenoxy) is 1. The van der Waals surface area contributed by atoms with E-state index in [-0.39, 0.29) is 11.3 Å². The number of aryl methyl sites for hydroxylation is 1. The van der Waals surface area contributed by atoms with E-state index >= 15 is 0 Å². The molecule has 0 spiro atoms. The van der Waals surface area contributed by atoms with Crippen LogP contribution in [0, 0.1) is 6.92 Å². The van der Waals surface area contributed by atoms with Gasteiger partial charge in [0, 0.05) is 25.8 Å². The quantitative estimate of drug-likeness (QED) is 0.288. The van der Waals surface area contributed by atoms with Gasteiger partial charge in [-0.3, -0.25) is 9.59 Å². The van der Waals surface area contributed by atoms with Crippen LogP contribution in [0.2, 0.25) is 0 Å². The minimum absolute atomic E-state index is 0.0446. The summed E-state index contributed by atoms with van der Waals surface area (Å²) in [4.78, 5) is 27.3. The molecule has 3 aromatic rings. The first kappa shape index (κ1) is 19.9. The second-order valence-electron chi connectivity index (χ2n) is 7.31. The predicted molar refractivity (Wildman–Crippen MR) is 113 cm³/mol. The summed E-state index contributed by atoms with van der Waals surface area (Å²) in [5.41, 5.74) is 0.555. The summed E-state index contributed by atoms with van der Waals surface area (Å²) < 4.78 is 10.9. The molecule has 6 heteroatoms. The zero-order chi connectivity index (χ0) is 21.3. The Balaban J connectivity index is 1.88. The first-order chi connectivity index (χ1) is 14.5. The van der Waals surface area contributed by atoms with Crippen LogP contribution in [0.4, 0.5) is 0 Å². The van der Waals surface area contributed by atoms with E-state index in [0.717, 1.165) is 10.8 Å². The van der Waals surface area contributed by atoms with Crippen LogP contribution < -0.4 is 0 Å². The van der Waals surface area contributed by atoms with E-state index in [1.54, 1.807) is 32.2 Å². The van der Waals surface area contributed by atoms with Crippen molar-refractivity contribution in [2.45, 2.75) is 19.4 Å². The highest BCUT2D eigenvalue weighted by Crippen LogP contribution is 2.41. The number of methoxy groups -OCH3 is 1. The van der Waals surface area contributed by atoms with Gasteiger partial charge in [-0.15, -0.1) is 0 Å². The number of aliphatic hydroxyl groups excluding tert-OH is 1. The van der Waals surface area contributed by atoms with Crippen LogP contribution in [0.5, 0.6) is 0 Å². The minimum atomic E-state index is -0.783. The highest BCUT2D eigenvalue weighted by atomic mass is 16.5. The number of amides is 1. The maximum atomic E-state index is 13.0. The summed E-state index contributed by atoms with van der Waals surface area (Å²) in [5.74, 6) is -0.439. The van der Waals surface area contributed by atoms with Crippen molar-refractivity contribution in [2.24, 2.45) is 0 Å². The molecule has 1 aliphatic heterocycles. The van der Waals surface area contributed by atoms with Crippen molar-refractivity contribution in [1.82, 2.24) is 4.90 Å². The van der Waals surface area contributed by atoms with Crippen molar-refractivity contribution in [3.63, 3.8) is 0 Å². The number of Topliss-reactive ketones (excluding diaryl/α,β-unsaturated/α-hetero) is 1. The molecule has 0 saturated carbocycles. The van der Waals surface area contributed by atoms with E-state index in [1.165, 1.54) is 4.90 Å². The molecule has 0 radical (unpaired) electrons. The first-order valence-corrected chi connectivity index (χ1v) is 9.84. The lowest BCUT2D eigenvalue weighted by Crippen LogP contribution is -2.31. The Labute approximate surface area is 174 Å². The molecular weight excluding hydrogens is 382 g/mol. The average molecular weight is 405 g/mol. The molecule has 6 nitrogen and oxygen atoms in total. The molecule has 1 fully saturated rings. The van der Waals surface area contributed by atoms with Gasteiger partial charge in [-0.2, -0.15) is 0 Å². The monoisotopic (exact) mass is 405 g/mol. The highest BCUT2D eigenvalue weighted by Gasteiger charge is 2.47. The largest absolute Gasteiger partial charge is 0.507 e. The van der Waals surface area contributed by atoms with Gasteiger partial charge in [0.05, 0.1) is 5.57 Å². The summed E-state index contributed by atoms with van der Waals surface area (Å²) in [6, 6.07) is 15.8. The molecule has 1 amide bonds. The van der Waals surface area contributed by atoms with Gasteiger partial charge in [-0.1, -0.05) is 42.5 Å². The fraction of sp³-hybridized carbons (Fsp3) is 0.250.